The Bertz CT molecular complexity index is 8400. The molecule has 0 radical (unpaired) electrons. The van der Waals surface area contributed by atoms with Crippen molar-refractivity contribution in [1.29, 1.82) is 0 Å². The van der Waals surface area contributed by atoms with E-state index in [-0.39, 0.29) is 21.7 Å². The second-order valence-corrected chi connectivity index (χ2v) is 36.7. The smallest absolute Gasteiger partial charge is 0.160 e. The topological polar surface area (TPSA) is 77.3 Å². The van der Waals surface area contributed by atoms with Gasteiger partial charge in [0.05, 0.1) is 33.6 Å². The maximum atomic E-state index is 5.32. The second kappa shape index (κ2) is 28.1. The van der Waals surface area contributed by atoms with Gasteiger partial charge in [-0.1, -0.05) is 365 Å². The lowest BCUT2D eigenvalue weighted by molar-refractivity contribution is 0.660. The molecule has 6 nitrogen and oxygen atoms in total. The molecule has 26 rings (SSSR count). The monoisotopic (exact) mass is 1610 g/mol. The van der Waals surface area contributed by atoms with E-state index >= 15 is 0 Å². The molecule has 0 aliphatic heterocycles. The van der Waals surface area contributed by atoms with Gasteiger partial charge in [-0.3, -0.25) is 0 Å². The van der Waals surface area contributed by atoms with Crippen LogP contribution in [0.15, 0.2) is 376 Å². The molecule has 0 amide bonds. The van der Waals surface area contributed by atoms with Crippen LogP contribution in [-0.4, -0.2) is 29.9 Å². The fraction of sp³-hybridized carbons (Fsp3) is 0.100. The van der Waals surface area contributed by atoms with Crippen LogP contribution in [0, 0.1) is 0 Å². The Hall–Kier alpha value is -15.2. The fourth-order valence-corrected chi connectivity index (χ4v) is 21.6. The molecule has 0 spiro atoms. The van der Waals surface area contributed by atoms with Crippen LogP contribution in [-0.2, 0) is 21.7 Å². The summed E-state index contributed by atoms with van der Waals surface area (Å²) < 4.78 is 0. The number of hydrogen-bond acceptors (Lipinski definition) is 6. The number of nitrogens with zero attached hydrogens (tertiary/aromatic N) is 6. The Kier molecular flexibility index (Phi) is 16.7. The van der Waals surface area contributed by atoms with Crippen LogP contribution in [0.2, 0.25) is 0 Å². The molecule has 0 saturated carbocycles. The van der Waals surface area contributed by atoms with Crippen molar-refractivity contribution in [3.05, 3.63) is 421 Å². The van der Waals surface area contributed by atoms with E-state index in [4.69, 9.17) is 29.9 Å². The molecule has 3 heterocycles. The molecule has 0 saturated heterocycles. The first-order chi connectivity index (χ1) is 61.5. The zero-order valence-electron chi connectivity index (χ0n) is 71.5. The molecule has 3 aromatic heterocycles. The summed E-state index contributed by atoms with van der Waals surface area (Å²) in [6.45, 7) is 18.6. The zero-order chi connectivity index (χ0) is 84.6. The van der Waals surface area contributed by atoms with Crippen molar-refractivity contribution in [2.45, 2.75) is 77.0 Å². The van der Waals surface area contributed by atoms with Gasteiger partial charge in [0.25, 0.3) is 0 Å². The molecular formula is C120H86N6. The normalized spacial score (nSPS) is 14.1. The van der Waals surface area contributed by atoms with Crippen LogP contribution in [0.25, 0.3) is 210 Å². The van der Waals surface area contributed by atoms with E-state index in [0.29, 0.717) is 0 Å². The predicted octanol–water partition coefficient (Wildman–Crippen LogP) is 31.0. The van der Waals surface area contributed by atoms with E-state index in [0.717, 1.165) is 101 Å². The van der Waals surface area contributed by atoms with Crippen molar-refractivity contribution in [3.63, 3.8) is 0 Å². The third kappa shape index (κ3) is 11.6. The Labute approximate surface area is 732 Å². The van der Waals surface area contributed by atoms with E-state index in [1.165, 1.54) is 154 Å². The molecule has 0 fully saturated rings. The highest BCUT2D eigenvalue weighted by Gasteiger charge is 2.40. The Morgan fingerprint density at radius 2 is 0.421 bits per heavy atom. The molecule has 19 aromatic carbocycles. The number of rotatable bonds is 6. The quantitative estimate of drug-likeness (QED) is 0.154. The molecule has 0 atom stereocenters. The first-order valence-corrected chi connectivity index (χ1v) is 44.0. The van der Waals surface area contributed by atoms with Gasteiger partial charge >= 0.3 is 0 Å². The molecule has 4 aliphatic rings. The van der Waals surface area contributed by atoms with Crippen molar-refractivity contribution in [1.82, 2.24) is 29.9 Å². The summed E-state index contributed by atoms with van der Waals surface area (Å²) in [6.07, 6.45) is 0. The van der Waals surface area contributed by atoms with Gasteiger partial charge < -0.3 is 0 Å². The van der Waals surface area contributed by atoms with Crippen LogP contribution in [0.4, 0.5) is 0 Å². The average Bonchev–Trinajstić information content (AvgIpc) is 1.55. The molecule has 596 valence electrons. The second-order valence-electron chi connectivity index (χ2n) is 36.7. The average molecular weight is 1610 g/mol. The number of para-hydroxylation sites is 3. The summed E-state index contributed by atoms with van der Waals surface area (Å²) in [7, 11) is 0. The number of fused-ring (bicyclic) bond motifs is 25. The molecule has 0 bridgehead atoms. The number of benzene rings is 19. The molecule has 4 aliphatic carbocycles. The molecule has 126 heavy (non-hydrogen) atoms. The van der Waals surface area contributed by atoms with Crippen molar-refractivity contribution < 1.29 is 0 Å². The Morgan fingerprint density at radius 3 is 0.865 bits per heavy atom. The number of aromatic nitrogens is 6. The van der Waals surface area contributed by atoms with Gasteiger partial charge in [-0.2, -0.15) is 0 Å². The minimum absolute atomic E-state index is 0.0667. The van der Waals surface area contributed by atoms with E-state index < -0.39 is 0 Å². The highest BCUT2D eigenvalue weighted by Crippen LogP contribution is 2.55. The molecule has 6 heteroatoms. The van der Waals surface area contributed by atoms with Crippen molar-refractivity contribution in [3.8, 4) is 112 Å². The summed E-state index contributed by atoms with van der Waals surface area (Å²) in [5.41, 5.74) is 33.3. The summed E-state index contributed by atoms with van der Waals surface area (Å²) in [4.78, 5) is 31.1. The lowest BCUT2D eigenvalue weighted by atomic mass is 9.81. The molecular weight excluding hydrogens is 1530 g/mol. The zero-order valence-corrected chi connectivity index (χ0v) is 71.5. The maximum Gasteiger partial charge on any atom is 0.160 e. The van der Waals surface area contributed by atoms with Crippen LogP contribution >= 0.6 is 0 Å². The minimum Gasteiger partial charge on any atom is -0.228 e. The van der Waals surface area contributed by atoms with Crippen molar-refractivity contribution in [2.24, 2.45) is 0 Å². The van der Waals surface area contributed by atoms with E-state index in [1.54, 1.807) is 0 Å². The minimum atomic E-state index is -0.114. The van der Waals surface area contributed by atoms with Gasteiger partial charge in [0.2, 0.25) is 0 Å². The molecule has 0 unspecified atom stereocenters. The van der Waals surface area contributed by atoms with E-state index in [1.807, 2.05) is 0 Å². The fourth-order valence-electron chi connectivity index (χ4n) is 21.6. The summed E-state index contributed by atoms with van der Waals surface area (Å²) in [5, 5.41) is 18.4. The van der Waals surface area contributed by atoms with E-state index in [9.17, 15) is 0 Å². The standard InChI is InChI=1S/C42H32N2.C41H28N2.C37H26N2/c1-41(2)34-15-9-7-13-29(34)30-20-18-28(24-36(30)41)40-43-38-16-10-8-14-32(38)39(44-40)27-17-19-31-33-21-25-11-5-6-12-26(25)22-37(33)42(3,4)35(31)23-27;1-41(2)36-17-9-7-15-32(36)33-22-20-26(24-37(33)41)40-42-38-18-10-8-16-34(38)39(43-40)25-19-21-31-29-13-4-3-11-27(29)28-12-5-6-14-30(28)35(31)23-25;1-37(2)32-13-7-5-11-29(32)30-20-18-26(22-33(30)37)36-38-34-14-8-6-12-31(34)35(39-36)25-17-19-28-24(21-25)16-15-23-9-3-4-10-27(23)28/h5-24H,1-4H3;3-24H,1-2H3;3-22H,1-2H3. The van der Waals surface area contributed by atoms with Gasteiger partial charge in [0, 0.05) is 71.2 Å². The van der Waals surface area contributed by atoms with Crippen LogP contribution < -0.4 is 0 Å². The summed E-state index contributed by atoms with van der Waals surface area (Å²) in [5.74, 6) is 2.28. The van der Waals surface area contributed by atoms with Gasteiger partial charge in [0.15, 0.2) is 17.5 Å². The van der Waals surface area contributed by atoms with Gasteiger partial charge in [-0.05, 0) is 220 Å². The Balaban J connectivity index is 0.000000106. The van der Waals surface area contributed by atoms with Crippen LogP contribution in [0.5, 0.6) is 0 Å². The summed E-state index contributed by atoms with van der Waals surface area (Å²) in [6, 6.07) is 136. The van der Waals surface area contributed by atoms with Crippen LogP contribution in [0.3, 0.4) is 0 Å². The van der Waals surface area contributed by atoms with Gasteiger partial charge in [0.1, 0.15) is 0 Å². The van der Waals surface area contributed by atoms with Crippen molar-refractivity contribution >= 4 is 97.3 Å². The maximum absolute atomic E-state index is 5.32. The first-order valence-electron chi connectivity index (χ1n) is 44.0. The SMILES string of the molecule is CC1(C)c2ccccc2-c2ccc(-c3nc(-c4ccc5c(c4)C(C)(C)c4cc6ccccc6cc4-5)c4ccccc4n3)cc21.CC1(C)c2ccccc2-c2ccc(-c3nc(-c4ccc5c(ccc6ccccc65)c4)c4ccccc4n3)cc21.CC1(C)c2ccccc2-c2ccc(-c3nc(-c4ccc5c6ccccc6c6ccccc6c5c4)c4ccccc4n3)cc21. The van der Waals surface area contributed by atoms with Gasteiger partial charge in [-0.25, -0.2) is 29.9 Å². The lowest BCUT2D eigenvalue weighted by Gasteiger charge is -2.22. The number of hydrogen-bond donors (Lipinski definition) is 0. The van der Waals surface area contributed by atoms with E-state index in [2.05, 4.69) is 432 Å². The highest BCUT2D eigenvalue weighted by atomic mass is 14.9. The van der Waals surface area contributed by atoms with Crippen molar-refractivity contribution in [2.75, 3.05) is 0 Å². The Morgan fingerprint density at radius 1 is 0.151 bits per heavy atom. The summed E-state index contributed by atoms with van der Waals surface area (Å²) >= 11 is 0. The first kappa shape index (κ1) is 74.6. The third-order valence-corrected chi connectivity index (χ3v) is 28.2. The largest absolute Gasteiger partial charge is 0.228 e. The third-order valence-electron chi connectivity index (χ3n) is 28.2. The van der Waals surface area contributed by atoms with Crippen LogP contribution in [0.1, 0.15) is 99.9 Å². The molecule has 0 N–H and O–H groups in total. The lowest BCUT2D eigenvalue weighted by Crippen LogP contribution is -2.15. The predicted molar refractivity (Wildman–Crippen MR) is 527 cm³/mol. The molecule has 22 aromatic rings. The highest BCUT2D eigenvalue weighted by molar-refractivity contribution is 6.26. The van der Waals surface area contributed by atoms with Gasteiger partial charge in [-0.15, -0.1) is 0 Å².